The van der Waals surface area contributed by atoms with Gasteiger partial charge in [0.15, 0.2) is 0 Å². The fraction of sp³-hybridized carbons (Fsp3) is 0.154. The van der Waals surface area contributed by atoms with Gasteiger partial charge in [0.2, 0.25) is 5.88 Å². The van der Waals surface area contributed by atoms with Crippen molar-refractivity contribution < 1.29 is 14.4 Å². The van der Waals surface area contributed by atoms with E-state index in [-0.39, 0.29) is 11.6 Å². The molecule has 0 unspecified atom stereocenters. The van der Waals surface area contributed by atoms with Gasteiger partial charge in [0.25, 0.3) is 5.69 Å². The fourth-order valence-electron chi connectivity index (χ4n) is 1.58. The van der Waals surface area contributed by atoms with Crippen molar-refractivity contribution in [2.75, 3.05) is 19.5 Å². The molecule has 0 saturated heterocycles. The molecule has 0 atom stereocenters. The molecular weight excluding hydrogens is 342 g/mol. The Morgan fingerprint density at radius 2 is 2.10 bits per heavy atom. The van der Waals surface area contributed by atoms with Crippen LogP contribution in [0, 0.1) is 10.1 Å². The molecule has 7 nitrogen and oxygen atoms in total. The van der Waals surface area contributed by atoms with Crippen LogP contribution in [-0.2, 0) is 0 Å². The third kappa shape index (κ3) is 3.60. The fourth-order valence-corrected chi connectivity index (χ4v) is 2.02. The quantitative estimate of drug-likeness (QED) is 0.652. The van der Waals surface area contributed by atoms with Crippen molar-refractivity contribution >= 4 is 27.4 Å². The molecule has 0 radical (unpaired) electrons. The number of nitro groups is 1. The standard InChI is InChI=1S/C13H12BrN3O4/c1-15-12-5-8(17(18)19)6-13(16-12)21-11-4-3-9(20-2)7-10(11)14/h3-7H,1-2H3,(H,15,16). The second kappa shape index (κ2) is 6.40. The highest BCUT2D eigenvalue weighted by atomic mass is 79.9. The van der Waals surface area contributed by atoms with Gasteiger partial charge in [0.05, 0.1) is 28.6 Å². The van der Waals surface area contributed by atoms with Gasteiger partial charge in [-0.25, -0.2) is 0 Å². The normalized spacial score (nSPS) is 10.0. The van der Waals surface area contributed by atoms with Gasteiger partial charge in [0.1, 0.15) is 17.3 Å². The van der Waals surface area contributed by atoms with Gasteiger partial charge in [-0.1, -0.05) is 0 Å². The number of anilines is 1. The number of benzene rings is 1. The molecule has 0 saturated carbocycles. The summed E-state index contributed by atoms with van der Waals surface area (Å²) in [4.78, 5) is 14.5. The summed E-state index contributed by atoms with van der Waals surface area (Å²) in [6.45, 7) is 0. The minimum absolute atomic E-state index is 0.103. The van der Waals surface area contributed by atoms with E-state index in [0.717, 1.165) is 0 Å². The first-order valence-electron chi connectivity index (χ1n) is 5.89. The van der Waals surface area contributed by atoms with Gasteiger partial charge in [0, 0.05) is 7.05 Å². The summed E-state index contributed by atoms with van der Waals surface area (Å²) < 4.78 is 11.3. The first-order chi connectivity index (χ1) is 10.0. The summed E-state index contributed by atoms with van der Waals surface area (Å²) in [5, 5.41) is 13.6. The van der Waals surface area contributed by atoms with Crippen molar-refractivity contribution in [3.8, 4) is 17.4 Å². The van der Waals surface area contributed by atoms with Gasteiger partial charge in [-0.3, -0.25) is 10.1 Å². The van der Waals surface area contributed by atoms with E-state index in [0.29, 0.717) is 21.8 Å². The minimum atomic E-state index is -0.502. The number of nitrogens with zero attached hydrogens (tertiary/aromatic N) is 2. The highest BCUT2D eigenvalue weighted by Gasteiger charge is 2.13. The van der Waals surface area contributed by atoms with Crippen LogP contribution in [0.25, 0.3) is 0 Å². The molecule has 0 aliphatic carbocycles. The molecule has 21 heavy (non-hydrogen) atoms. The van der Waals surface area contributed by atoms with Crippen molar-refractivity contribution in [1.82, 2.24) is 4.98 Å². The van der Waals surface area contributed by atoms with E-state index in [1.165, 1.54) is 12.1 Å². The zero-order valence-electron chi connectivity index (χ0n) is 11.3. The largest absolute Gasteiger partial charge is 0.497 e. The summed E-state index contributed by atoms with van der Waals surface area (Å²) >= 11 is 3.35. The number of ether oxygens (including phenoxy) is 2. The third-order valence-electron chi connectivity index (χ3n) is 2.61. The Balaban J connectivity index is 2.34. The molecule has 1 N–H and O–H groups in total. The molecule has 2 aromatic rings. The first kappa shape index (κ1) is 15.0. The number of methoxy groups -OCH3 is 1. The van der Waals surface area contributed by atoms with Gasteiger partial charge in [-0.05, 0) is 34.1 Å². The Morgan fingerprint density at radius 3 is 2.67 bits per heavy atom. The number of hydrogen-bond donors (Lipinski definition) is 1. The van der Waals surface area contributed by atoms with Crippen LogP contribution in [0.2, 0.25) is 0 Å². The Bertz CT molecular complexity index is 678. The van der Waals surface area contributed by atoms with E-state index >= 15 is 0 Å². The molecule has 2 rings (SSSR count). The lowest BCUT2D eigenvalue weighted by atomic mass is 10.3. The van der Waals surface area contributed by atoms with Gasteiger partial charge < -0.3 is 14.8 Å². The number of hydrogen-bond acceptors (Lipinski definition) is 6. The van der Waals surface area contributed by atoms with E-state index in [1.54, 1.807) is 32.4 Å². The van der Waals surface area contributed by atoms with E-state index in [1.807, 2.05) is 0 Å². The van der Waals surface area contributed by atoms with Crippen LogP contribution in [0.4, 0.5) is 11.5 Å². The number of nitrogens with one attached hydrogen (secondary N) is 1. The minimum Gasteiger partial charge on any atom is -0.497 e. The maximum atomic E-state index is 10.9. The van der Waals surface area contributed by atoms with E-state index < -0.39 is 4.92 Å². The van der Waals surface area contributed by atoms with Crippen molar-refractivity contribution in [1.29, 1.82) is 0 Å². The predicted molar refractivity (Wildman–Crippen MR) is 81.2 cm³/mol. The molecule has 0 spiro atoms. The molecule has 0 aliphatic rings. The summed E-state index contributed by atoms with van der Waals surface area (Å²) in [7, 11) is 3.18. The molecule has 110 valence electrons. The highest BCUT2D eigenvalue weighted by Crippen LogP contribution is 2.33. The molecule has 0 aliphatic heterocycles. The SMILES string of the molecule is CNc1cc([N+](=O)[O-])cc(Oc2ccc(OC)cc2Br)n1. The Kier molecular flexibility index (Phi) is 4.59. The summed E-state index contributed by atoms with van der Waals surface area (Å²) in [5.74, 6) is 1.62. The summed E-state index contributed by atoms with van der Waals surface area (Å²) in [5.41, 5.74) is -0.103. The summed E-state index contributed by atoms with van der Waals surface area (Å²) in [6.07, 6.45) is 0. The third-order valence-corrected chi connectivity index (χ3v) is 3.23. The molecule has 1 aromatic carbocycles. The van der Waals surface area contributed by atoms with Crippen molar-refractivity contribution in [2.45, 2.75) is 0 Å². The Labute approximate surface area is 129 Å². The van der Waals surface area contributed by atoms with Crippen molar-refractivity contribution in [3.63, 3.8) is 0 Å². The molecule has 8 heteroatoms. The van der Waals surface area contributed by atoms with Crippen LogP contribution in [0.1, 0.15) is 0 Å². The van der Waals surface area contributed by atoms with Crippen LogP contribution >= 0.6 is 15.9 Å². The average Bonchev–Trinajstić information content (AvgIpc) is 2.48. The lowest BCUT2D eigenvalue weighted by molar-refractivity contribution is -0.384. The molecule has 0 fully saturated rings. The molecule has 0 amide bonds. The van der Waals surface area contributed by atoms with Gasteiger partial charge in [-0.15, -0.1) is 0 Å². The maximum absolute atomic E-state index is 10.9. The van der Waals surface area contributed by atoms with Crippen molar-refractivity contribution in [3.05, 3.63) is 44.9 Å². The van der Waals surface area contributed by atoms with Crippen LogP contribution < -0.4 is 14.8 Å². The molecule has 0 bridgehead atoms. The molecular formula is C13H12BrN3O4. The lowest BCUT2D eigenvalue weighted by Gasteiger charge is -2.09. The highest BCUT2D eigenvalue weighted by molar-refractivity contribution is 9.10. The lowest BCUT2D eigenvalue weighted by Crippen LogP contribution is -1.98. The Morgan fingerprint density at radius 1 is 1.33 bits per heavy atom. The molecule has 1 heterocycles. The first-order valence-corrected chi connectivity index (χ1v) is 6.68. The predicted octanol–water partition coefficient (Wildman–Crippen LogP) is 3.59. The Hall–Kier alpha value is -2.35. The topological polar surface area (TPSA) is 86.5 Å². The number of pyridine rings is 1. The van der Waals surface area contributed by atoms with Crippen LogP contribution in [0.15, 0.2) is 34.8 Å². The maximum Gasteiger partial charge on any atom is 0.278 e. The van der Waals surface area contributed by atoms with Crippen molar-refractivity contribution in [2.24, 2.45) is 0 Å². The van der Waals surface area contributed by atoms with Gasteiger partial charge >= 0.3 is 0 Å². The monoisotopic (exact) mass is 353 g/mol. The van der Waals surface area contributed by atoms with Crippen LogP contribution in [0.5, 0.6) is 17.4 Å². The number of aromatic nitrogens is 1. The number of halogens is 1. The van der Waals surface area contributed by atoms with Crippen LogP contribution in [0.3, 0.4) is 0 Å². The smallest absolute Gasteiger partial charge is 0.278 e. The average molecular weight is 354 g/mol. The van der Waals surface area contributed by atoms with E-state index in [2.05, 4.69) is 26.2 Å². The zero-order chi connectivity index (χ0) is 15.4. The van der Waals surface area contributed by atoms with Crippen LogP contribution in [-0.4, -0.2) is 24.1 Å². The zero-order valence-corrected chi connectivity index (χ0v) is 12.9. The van der Waals surface area contributed by atoms with E-state index in [4.69, 9.17) is 9.47 Å². The second-order valence-corrected chi connectivity index (χ2v) is 4.81. The number of rotatable bonds is 5. The molecule has 1 aromatic heterocycles. The summed E-state index contributed by atoms with van der Waals surface area (Å²) in [6, 6.07) is 7.72. The van der Waals surface area contributed by atoms with E-state index in [9.17, 15) is 10.1 Å². The van der Waals surface area contributed by atoms with Gasteiger partial charge in [-0.2, -0.15) is 4.98 Å². The second-order valence-electron chi connectivity index (χ2n) is 3.95.